The second-order valence-electron chi connectivity index (χ2n) is 2.70. The summed E-state index contributed by atoms with van der Waals surface area (Å²) in [7, 11) is 0. The number of nitrogen functional groups attached to an aromatic ring is 1. The van der Waals surface area contributed by atoms with Crippen LogP contribution in [-0.2, 0) is 0 Å². The van der Waals surface area contributed by atoms with Gasteiger partial charge in [0.1, 0.15) is 0 Å². The normalized spacial score (nSPS) is 10.8. The maximum absolute atomic E-state index is 5.92. The molecule has 0 aliphatic rings. The van der Waals surface area contributed by atoms with Crippen molar-refractivity contribution in [2.45, 2.75) is 6.92 Å². The molecule has 3 nitrogen and oxygen atoms in total. The molecule has 0 fully saturated rings. The maximum atomic E-state index is 5.92. The molecule has 0 unspecified atom stereocenters. The number of rotatable bonds is 0. The number of H-pyrrole nitrogens is 1. The molecule has 1 aromatic heterocycles. The summed E-state index contributed by atoms with van der Waals surface area (Å²) in [5.74, 6) is 0.505. The molecule has 0 saturated carbocycles. The summed E-state index contributed by atoms with van der Waals surface area (Å²) in [5.41, 5.74) is 7.54. The molecule has 62 valence electrons. The van der Waals surface area contributed by atoms with Crippen LogP contribution >= 0.6 is 11.6 Å². The number of hydrogen-bond acceptors (Lipinski definition) is 2. The van der Waals surface area contributed by atoms with E-state index >= 15 is 0 Å². The zero-order valence-electron chi connectivity index (χ0n) is 6.56. The maximum Gasteiger partial charge on any atom is 0.153 e. The lowest BCUT2D eigenvalue weighted by molar-refractivity contribution is 1.13. The summed E-state index contributed by atoms with van der Waals surface area (Å²) in [4.78, 5) is 0. The minimum Gasteiger partial charge on any atom is -0.382 e. The lowest BCUT2D eigenvalue weighted by atomic mass is 10.1. The van der Waals surface area contributed by atoms with Crippen molar-refractivity contribution >= 4 is 28.3 Å². The van der Waals surface area contributed by atoms with Crippen molar-refractivity contribution in [3.8, 4) is 0 Å². The second-order valence-corrected chi connectivity index (χ2v) is 3.11. The van der Waals surface area contributed by atoms with Gasteiger partial charge in [0.25, 0.3) is 0 Å². The van der Waals surface area contributed by atoms with Crippen LogP contribution in [-0.4, -0.2) is 10.2 Å². The Bertz CT molecular complexity index is 433. The predicted octanol–water partition coefficient (Wildman–Crippen LogP) is 2.11. The predicted molar refractivity (Wildman–Crippen MR) is 50.3 cm³/mol. The second kappa shape index (κ2) is 2.38. The van der Waals surface area contributed by atoms with Gasteiger partial charge in [0.05, 0.1) is 5.52 Å². The number of fused-ring (bicyclic) bond motifs is 1. The Morgan fingerprint density at radius 2 is 2.25 bits per heavy atom. The Labute approximate surface area is 74.5 Å². The van der Waals surface area contributed by atoms with Gasteiger partial charge in [-0.1, -0.05) is 11.6 Å². The highest BCUT2D eigenvalue weighted by Crippen LogP contribution is 2.27. The summed E-state index contributed by atoms with van der Waals surface area (Å²) < 4.78 is 0. The van der Waals surface area contributed by atoms with E-state index in [1.165, 1.54) is 0 Å². The molecule has 2 rings (SSSR count). The Balaban J connectivity index is 2.96. The van der Waals surface area contributed by atoms with E-state index in [1.54, 1.807) is 0 Å². The number of nitrogens with zero attached hydrogens (tertiary/aromatic N) is 1. The van der Waals surface area contributed by atoms with E-state index in [0.29, 0.717) is 5.82 Å². The van der Waals surface area contributed by atoms with E-state index in [-0.39, 0.29) is 0 Å². The van der Waals surface area contributed by atoms with Crippen molar-refractivity contribution < 1.29 is 0 Å². The number of aromatic amines is 1. The van der Waals surface area contributed by atoms with Gasteiger partial charge in [-0.2, -0.15) is 5.10 Å². The molecule has 1 aromatic carbocycles. The Hall–Kier alpha value is -1.22. The van der Waals surface area contributed by atoms with Crippen molar-refractivity contribution in [2.24, 2.45) is 0 Å². The number of benzene rings is 1. The first kappa shape index (κ1) is 7.43. The largest absolute Gasteiger partial charge is 0.382 e. The van der Waals surface area contributed by atoms with Gasteiger partial charge in [0.2, 0.25) is 0 Å². The Morgan fingerprint density at radius 1 is 1.50 bits per heavy atom. The van der Waals surface area contributed by atoms with E-state index in [1.807, 2.05) is 19.1 Å². The van der Waals surface area contributed by atoms with Crippen molar-refractivity contribution in [1.82, 2.24) is 10.2 Å². The molecular weight excluding hydrogens is 174 g/mol. The smallest absolute Gasteiger partial charge is 0.153 e. The molecule has 1 heterocycles. The molecule has 0 amide bonds. The first-order valence-corrected chi connectivity index (χ1v) is 3.96. The van der Waals surface area contributed by atoms with Crippen LogP contribution in [0.3, 0.4) is 0 Å². The molecule has 0 saturated heterocycles. The van der Waals surface area contributed by atoms with Gasteiger partial charge in [-0.15, -0.1) is 0 Å². The van der Waals surface area contributed by atoms with E-state index in [9.17, 15) is 0 Å². The fourth-order valence-corrected chi connectivity index (χ4v) is 1.44. The molecule has 3 N–H and O–H groups in total. The molecule has 4 heteroatoms. The van der Waals surface area contributed by atoms with Gasteiger partial charge < -0.3 is 5.73 Å². The SMILES string of the molecule is Cc1c(Cl)ccc2[nH]nc(N)c12. The van der Waals surface area contributed by atoms with Gasteiger partial charge in [-0.3, -0.25) is 5.10 Å². The Kier molecular flexibility index (Phi) is 1.48. The summed E-state index contributed by atoms with van der Waals surface area (Å²) in [6.45, 7) is 1.93. The molecular formula is C8H8ClN3. The molecule has 12 heavy (non-hydrogen) atoms. The Morgan fingerprint density at radius 3 is 3.00 bits per heavy atom. The summed E-state index contributed by atoms with van der Waals surface area (Å²) in [6.07, 6.45) is 0. The summed E-state index contributed by atoms with van der Waals surface area (Å²) in [5, 5.41) is 8.35. The van der Waals surface area contributed by atoms with E-state index in [4.69, 9.17) is 17.3 Å². The third-order valence-electron chi connectivity index (χ3n) is 1.95. The lowest BCUT2D eigenvalue weighted by Gasteiger charge is -1.98. The van der Waals surface area contributed by atoms with Crippen LogP contribution < -0.4 is 5.73 Å². The quantitative estimate of drug-likeness (QED) is 0.654. The minimum atomic E-state index is 0.505. The molecule has 0 atom stereocenters. The van der Waals surface area contributed by atoms with Crippen LogP contribution in [0.1, 0.15) is 5.56 Å². The van der Waals surface area contributed by atoms with Gasteiger partial charge in [-0.05, 0) is 24.6 Å². The first-order chi connectivity index (χ1) is 5.70. The van der Waals surface area contributed by atoms with Crippen LogP contribution in [0, 0.1) is 6.92 Å². The van der Waals surface area contributed by atoms with Gasteiger partial charge >= 0.3 is 0 Å². The monoisotopic (exact) mass is 181 g/mol. The standard InChI is InChI=1S/C8H8ClN3/c1-4-5(9)2-3-6-7(4)8(10)12-11-6/h2-3H,1H3,(H3,10,11,12). The molecule has 0 spiro atoms. The van der Waals surface area contributed by atoms with E-state index < -0.39 is 0 Å². The topological polar surface area (TPSA) is 54.7 Å². The van der Waals surface area contributed by atoms with Gasteiger partial charge in [-0.25, -0.2) is 0 Å². The number of anilines is 1. The number of aromatic nitrogens is 2. The fraction of sp³-hybridized carbons (Fsp3) is 0.125. The minimum absolute atomic E-state index is 0.505. The van der Waals surface area contributed by atoms with Gasteiger partial charge in [0, 0.05) is 10.4 Å². The summed E-state index contributed by atoms with van der Waals surface area (Å²) in [6, 6.07) is 3.70. The van der Waals surface area contributed by atoms with Crippen molar-refractivity contribution in [3.63, 3.8) is 0 Å². The van der Waals surface area contributed by atoms with Crippen LogP contribution in [0.25, 0.3) is 10.9 Å². The van der Waals surface area contributed by atoms with Gasteiger partial charge in [0.15, 0.2) is 5.82 Å². The third-order valence-corrected chi connectivity index (χ3v) is 2.36. The third kappa shape index (κ3) is 0.865. The van der Waals surface area contributed by atoms with Crippen molar-refractivity contribution in [1.29, 1.82) is 0 Å². The highest BCUT2D eigenvalue weighted by atomic mass is 35.5. The van der Waals surface area contributed by atoms with Crippen LogP contribution in [0.4, 0.5) is 5.82 Å². The average Bonchev–Trinajstić information content (AvgIpc) is 2.41. The number of nitrogens with one attached hydrogen (secondary N) is 1. The molecule has 0 aliphatic heterocycles. The van der Waals surface area contributed by atoms with Crippen molar-refractivity contribution in [3.05, 3.63) is 22.7 Å². The number of hydrogen-bond donors (Lipinski definition) is 2. The number of aryl methyl sites for hydroxylation is 1. The molecule has 2 aromatic rings. The number of halogens is 1. The van der Waals surface area contributed by atoms with E-state index in [2.05, 4.69) is 10.2 Å². The highest BCUT2D eigenvalue weighted by molar-refractivity contribution is 6.32. The summed E-state index contributed by atoms with van der Waals surface area (Å²) >= 11 is 5.92. The van der Waals surface area contributed by atoms with Crippen LogP contribution in [0.15, 0.2) is 12.1 Å². The fourth-order valence-electron chi connectivity index (χ4n) is 1.29. The van der Waals surface area contributed by atoms with Crippen LogP contribution in [0.5, 0.6) is 0 Å². The zero-order valence-corrected chi connectivity index (χ0v) is 7.31. The van der Waals surface area contributed by atoms with Crippen molar-refractivity contribution in [2.75, 3.05) is 5.73 Å². The molecule has 0 bridgehead atoms. The lowest BCUT2D eigenvalue weighted by Crippen LogP contribution is -1.86. The van der Waals surface area contributed by atoms with E-state index in [0.717, 1.165) is 21.5 Å². The zero-order chi connectivity index (χ0) is 8.72. The molecule has 0 radical (unpaired) electrons. The van der Waals surface area contributed by atoms with Crippen LogP contribution in [0.2, 0.25) is 5.02 Å². The molecule has 0 aliphatic carbocycles. The first-order valence-electron chi connectivity index (χ1n) is 3.59. The highest BCUT2D eigenvalue weighted by Gasteiger charge is 2.06. The average molecular weight is 182 g/mol. The number of nitrogens with two attached hydrogens (primary N) is 1.